The number of aryl methyl sites for hydroxylation is 1. The maximum atomic E-state index is 11.8. The molecule has 0 bridgehead atoms. The first-order chi connectivity index (χ1) is 12.2. The van der Waals surface area contributed by atoms with Crippen molar-refractivity contribution in [2.24, 2.45) is 0 Å². The van der Waals surface area contributed by atoms with Crippen LogP contribution in [0.15, 0.2) is 63.6 Å². The van der Waals surface area contributed by atoms with Crippen LogP contribution >= 0.6 is 0 Å². The van der Waals surface area contributed by atoms with Crippen LogP contribution in [0.3, 0.4) is 0 Å². The first kappa shape index (κ1) is 17.0. The third kappa shape index (κ3) is 4.39. The molecule has 0 N–H and O–H groups in total. The van der Waals surface area contributed by atoms with Gasteiger partial charge in [0.25, 0.3) is 0 Å². The number of hydrogen-bond donors (Lipinski definition) is 0. The summed E-state index contributed by atoms with van der Waals surface area (Å²) in [5.41, 5.74) is 1.67. The Kier molecular flexibility index (Phi) is 5.36. The Labute approximate surface area is 146 Å². The largest absolute Gasteiger partial charge is 0.468 e. The van der Waals surface area contributed by atoms with E-state index in [1.165, 1.54) is 12.7 Å². The van der Waals surface area contributed by atoms with E-state index in [0.717, 1.165) is 18.1 Å². The first-order valence-corrected chi connectivity index (χ1v) is 8.12. The monoisotopic (exact) mass is 339 g/mol. The van der Waals surface area contributed by atoms with Crippen molar-refractivity contribution in [1.29, 1.82) is 0 Å². The number of carbonyl (C=O) groups is 1. The lowest BCUT2D eigenvalue weighted by Crippen LogP contribution is -2.22. The van der Waals surface area contributed by atoms with Crippen LogP contribution < -0.4 is 0 Å². The zero-order chi connectivity index (χ0) is 17.6. The Morgan fingerprint density at radius 2 is 1.80 bits per heavy atom. The van der Waals surface area contributed by atoms with Crippen molar-refractivity contribution in [1.82, 2.24) is 4.90 Å². The van der Waals surface area contributed by atoms with Gasteiger partial charge in [-0.25, -0.2) is 4.79 Å². The van der Waals surface area contributed by atoms with Crippen molar-refractivity contribution in [2.45, 2.75) is 26.6 Å². The SMILES string of the molecule is COC(=O)c1cc(CN(Cc2ccccc2)Cc2ccco2)oc1C. The number of ether oxygens (including phenoxy) is 1. The normalized spacial score (nSPS) is 11.0. The molecule has 0 fully saturated rings. The van der Waals surface area contributed by atoms with E-state index in [1.807, 2.05) is 30.3 Å². The number of esters is 1. The molecule has 5 heteroatoms. The third-order valence-corrected chi connectivity index (χ3v) is 3.96. The maximum absolute atomic E-state index is 11.8. The molecule has 3 aromatic rings. The molecule has 2 aromatic heterocycles. The van der Waals surface area contributed by atoms with Gasteiger partial charge in [0, 0.05) is 6.54 Å². The van der Waals surface area contributed by atoms with E-state index in [4.69, 9.17) is 13.6 Å². The van der Waals surface area contributed by atoms with Gasteiger partial charge in [0.05, 0.1) is 26.5 Å². The van der Waals surface area contributed by atoms with E-state index in [-0.39, 0.29) is 5.97 Å². The van der Waals surface area contributed by atoms with Crippen molar-refractivity contribution in [2.75, 3.05) is 7.11 Å². The van der Waals surface area contributed by atoms with Crippen molar-refractivity contribution in [3.8, 4) is 0 Å². The second-order valence-corrected chi connectivity index (χ2v) is 5.88. The topological polar surface area (TPSA) is 55.8 Å². The Hall–Kier alpha value is -2.79. The predicted molar refractivity (Wildman–Crippen MR) is 92.9 cm³/mol. The van der Waals surface area contributed by atoms with Gasteiger partial charge in [0.1, 0.15) is 22.8 Å². The van der Waals surface area contributed by atoms with Gasteiger partial charge in [-0.15, -0.1) is 0 Å². The fourth-order valence-electron chi connectivity index (χ4n) is 2.79. The van der Waals surface area contributed by atoms with Gasteiger partial charge in [0.2, 0.25) is 0 Å². The second kappa shape index (κ2) is 7.85. The molecule has 0 unspecified atom stereocenters. The van der Waals surface area contributed by atoms with Crippen molar-refractivity contribution < 1.29 is 18.4 Å². The van der Waals surface area contributed by atoms with Crippen molar-refractivity contribution in [3.05, 3.63) is 83.2 Å². The number of nitrogens with zero attached hydrogens (tertiary/aromatic N) is 1. The third-order valence-electron chi connectivity index (χ3n) is 3.96. The summed E-state index contributed by atoms with van der Waals surface area (Å²) in [6.45, 7) is 3.72. The molecule has 0 atom stereocenters. The van der Waals surface area contributed by atoms with Crippen LogP contribution in [0.25, 0.3) is 0 Å². The van der Waals surface area contributed by atoms with E-state index >= 15 is 0 Å². The summed E-state index contributed by atoms with van der Waals surface area (Å²) < 4.78 is 16.0. The molecule has 3 rings (SSSR count). The smallest absolute Gasteiger partial charge is 0.341 e. The minimum Gasteiger partial charge on any atom is -0.468 e. The standard InChI is InChI=1S/C20H21NO4/c1-15-19(20(22)23-2)11-18(25-15)14-21(13-17-9-6-10-24-17)12-16-7-4-3-5-8-16/h3-11H,12-14H2,1-2H3. The Morgan fingerprint density at radius 1 is 1.04 bits per heavy atom. The molecule has 130 valence electrons. The lowest BCUT2D eigenvalue weighted by molar-refractivity contribution is 0.0599. The Bertz CT molecular complexity index is 806. The molecular formula is C20H21NO4. The number of benzene rings is 1. The predicted octanol–water partition coefficient (Wildman–Crippen LogP) is 4.17. The minimum absolute atomic E-state index is 0.381. The van der Waals surface area contributed by atoms with Crippen molar-refractivity contribution >= 4 is 5.97 Å². The fourth-order valence-corrected chi connectivity index (χ4v) is 2.79. The molecular weight excluding hydrogens is 318 g/mol. The lowest BCUT2D eigenvalue weighted by Gasteiger charge is -2.20. The average Bonchev–Trinajstić information content (AvgIpc) is 3.24. The molecule has 0 spiro atoms. The molecule has 2 heterocycles. The average molecular weight is 339 g/mol. The summed E-state index contributed by atoms with van der Waals surface area (Å²) in [6, 6.07) is 15.8. The van der Waals surface area contributed by atoms with E-state index < -0.39 is 0 Å². The Balaban J connectivity index is 1.78. The summed E-state index contributed by atoms with van der Waals surface area (Å²) in [7, 11) is 1.37. The fraction of sp³-hybridized carbons (Fsp3) is 0.250. The first-order valence-electron chi connectivity index (χ1n) is 8.12. The summed E-state index contributed by atoms with van der Waals surface area (Å²) in [6.07, 6.45) is 1.67. The molecule has 0 aliphatic heterocycles. The number of rotatable bonds is 7. The van der Waals surface area contributed by atoms with E-state index in [2.05, 4.69) is 17.0 Å². The minimum atomic E-state index is -0.381. The van der Waals surface area contributed by atoms with Gasteiger partial charge in [0.15, 0.2) is 0 Å². The summed E-state index contributed by atoms with van der Waals surface area (Å²) >= 11 is 0. The molecule has 0 aliphatic carbocycles. The van der Waals surface area contributed by atoms with Gasteiger partial charge < -0.3 is 13.6 Å². The van der Waals surface area contributed by atoms with Crippen LogP contribution in [-0.4, -0.2) is 18.0 Å². The summed E-state index contributed by atoms with van der Waals surface area (Å²) in [4.78, 5) is 14.0. The van der Waals surface area contributed by atoms with Crippen LogP contribution in [0.4, 0.5) is 0 Å². The van der Waals surface area contributed by atoms with E-state index in [9.17, 15) is 4.79 Å². The van der Waals surface area contributed by atoms with E-state index in [1.54, 1.807) is 19.3 Å². The van der Waals surface area contributed by atoms with Crippen LogP contribution in [0.5, 0.6) is 0 Å². The molecule has 0 saturated heterocycles. The highest BCUT2D eigenvalue weighted by molar-refractivity contribution is 5.90. The summed E-state index contributed by atoms with van der Waals surface area (Å²) in [5.74, 6) is 1.79. The van der Waals surface area contributed by atoms with Crippen LogP contribution in [-0.2, 0) is 24.4 Å². The molecule has 1 aromatic carbocycles. The molecule has 0 radical (unpaired) electrons. The molecule has 25 heavy (non-hydrogen) atoms. The highest BCUT2D eigenvalue weighted by atomic mass is 16.5. The quantitative estimate of drug-likeness (QED) is 0.605. The van der Waals surface area contributed by atoms with Gasteiger partial charge in [-0.1, -0.05) is 30.3 Å². The molecule has 0 saturated carbocycles. The van der Waals surface area contributed by atoms with Gasteiger partial charge in [-0.05, 0) is 30.7 Å². The van der Waals surface area contributed by atoms with Crippen LogP contribution in [0, 0.1) is 6.92 Å². The van der Waals surface area contributed by atoms with Gasteiger partial charge >= 0.3 is 5.97 Å². The highest BCUT2D eigenvalue weighted by Crippen LogP contribution is 2.20. The number of furan rings is 2. The number of hydrogen-bond acceptors (Lipinski definition) is 5. The maximum Gasteiger partial charge on any atom is 0.341 e. The van der Waals surface area contributed by atoms with Crippen molar-refractivity contribution in [3.63, 3.8) is 0 Å². The van der Waals surface area contributed by atoms with Crippen LogP contribution in [0.1, 0.15) is 33.2 Å². The van der Waals surface area contributed by atoms with Crippen LogP contribution in [0.2, 0.25) is 0 Å². The molecule has 0 aliphatic rings. The second-order valence-electron chi connectivity index (χ2n) is 5.88. The number of carbonyl (C=O) groups excluding carboxylic acids is 1. The summed E-state index contributed by atoms with van der Waals surface area (Å²) in [5, 5.41) is 0. The highest BCUT2D eigenvalue weighted by Gasteiger charge is 2.18. The zero-order valence-corrected chi connectivity index (χ0v) is 14.4. The lowest BCUT2D eigenvalue weighted by atomic mass is 10.2. The van der Waals surface area contributed by atoms with E-state index in [0.29, 0.717) is 24.4 Å². The molecule has 5 nitrogen and oxygen atoms in total. The zero-order valence-electron chi connectivity index (χ0n) is 14.4. The van der Waals surface area contributed by atoms with Gasteiger partial charge in [-0.3, -0.25) is 4.90 Å². The van der Waals surface area contributed by atoms with Gasteiger partial charge in [-0.2, -0.15) is 0 Å². The molecule has 0 amide bonds. The number of methoxy groups -OCH3 is 1. The Morgan fingerprint density at radius 3 is 2.48 bits per heavy atom.